The molecule has 0 aromatic heterocycles. The predicted molar refractivity (Wildman–Crippen MR) is 84.7 cm³/mol. The van der Waals surface area contributed by atoms with E-state index in [2.05, 4.69) is 5.32 Å². The average Bonchev–Trinajstić information content (AvgIpc) is 2.47. The Kier molecular flexibility index (Phi) is 4.82. The quantitative estimate of drug-likeness (QED) is 0.915. The van der Waals surface area contributed by atoms with Crippen LogP contribution in [0.1, 0.15) is 6.92 Å². The first kappa shape index (κ1) is 14.9. The van der Waals surface area contributed by atoms with Gasteiger partial charge in [0.15, 0.2) is 0 Å². The number of hydrogen-bond donors (Lipinski definition) is 1. The number of nitrogens with one attached hydrogen (secondary N) is 1. The van der Waals surface area contributed by atoms with Gasteiger partial charge in [0.1, 0.15) is 17.5 Å². The minimum atomic E-state index is -0.285. The van der Waals surface area contributed by atoms with Crippen molar-refractivity contribution in [1.82, 2.24) is 4.90 Å². The summed E-state index contributed by atoms with van der Waals surface area (Å²) in [5, 5.41) is 3.18. The number of para-hydroxylation sites is 1. The van der Waals surface area contributed by atoms with Crippen molar-refractivity contribution >= 4 is 11.6 Å². The van der Waals surface area contributed by atoms with Crippen molar-refractivity contribution in [3.8, 4) is 11.5 Å². The molecule has 1 N–H and O–H groups in total. The van der Waals surface area contributed by atoms with E-state index in [0.29, 0.717) is 0 Å². The highest BCUT2D eigenvalue weighted by Gasteiger charge is 2.14. The Hall–Kier alpha value is -2.49. The first-order valence-electron chi connectivity index (χ1n) is 6.87. The highest BCUT2D eigenvalue weighted by Crippen LogP contribution is 2.24. The smallest absolute Gasteiger partial charge is 0.244 e. The zero-order valence-electron chi connectivity index (χ0n) is 12.5. The topological polar surface area (TPSA) is 41.6 Å². The van der Waals surface area contributed by atoms with Crippen LogP contribution in [0.2, 0.25) is 0 Å². The van der Waals surface area contributed by atoms with E-state index in [-0.39, 0.29) is 11.9 Å². The number of amides is 1. The van der Waals surface area contributed by atoms with E-state index in [9.17, 15) is 4.79 Å². The predicted octanol–water partition coefficient (Wildman–Crippen LogP) is 3.37. The number of nitrogens with zero attached hydrogens (tertiary/aromatic N) is 1. The lowest BCUT2D eigenvalue weighted by molar-refractivity contribution is -0.129. The number of carbonyl (C=O) groups is 1. The second-order valence-corrected chi connectivity index (χ2v) is 5.04. The highest BCUT2D eigenvalue weighted by molar-refractivity contribution is 5.83. The monoisotopic (exact) mass is 284 g/mol. The number of benzene rings is 2. The van der Waals surface area contributed by atoms with E-state index >= 15 is 0 Å². The van der Waals surface area contributed by atoms with Crippen LogP contribution < -0.4 is 10.1 Å². The number of anilines is 1. The lowest BCUT2D eigenvalue weighted by atomic mass is 10.2. The summed E-state index contributed by atoms with van der Waals surface area (Å²) in [4.78, 5) is 13.4. The van der Waals surface area contributed by atoms with E-state index in [1.807, 2.05) is 61.5 Å². The Morgan fingerprint density at radius 2 is 1.71 bits per heavy atom. The number of hydrogen-bond acceptors (Lipinski definition) is 3. The van der Waals surface area contributed by atoms with Crippen LogP contribution in [0.25, 0.3) is 0 Å². The van der Waals surface area contributed by atoms with Gasteiger partial charge in [0.05, 0.1) is 0 Å². The number of rotatable bonds is 5. The maximum absolute atomic E-state index is 11.9. The Morgan fingerprint density at radius 1 is 1.05 bits per heavy atom. The molecule has 0 radical (unpaired) electrons. The number of carbonyl (C=O) groups excluding carboxylic acids is 1. The molecule has 0 aliphatic rings. The molecule has 0 fully saturated rings. The summed E-state index contributed by atoms with van der Waals surface area (Å²) >= 11 is 0. The normalized spacial score (nSPS) is 11.6. The number of likely N-dealkylation sites (N-methyl/N-ethyl adjacent to an activating group) is 1. The third-order valence-electron chi connectivity index (χ3n) is 3.01. The maximum atomic E-state index is 11.9. The summed E-state index contributed by atoms with van der Waals surface area (Å²) in [6.07, 6.45) is 0. The summed E-state index contributed by atoms with van der Waals surface area (Å²) in [5.41, 5.74) is 0.853. The molecule has 1 unspecified atom stereocenters. The van der Waals surface area contributed by atoms with Gasteiger partial charge in [-0.1, -0.05) is 24.3 Å². The molecule has 4 nitrogen and oxygen atoms in total. The largest absolute Gasteiger partial charge is 0.457 e. The van der Waals surface area contributed by atoms with Crippen molar-refractivity contribution < 1.29 is 9.53 Å². The van der Waals surface area contributed by atoms with Gasteiger partial charge in [0.25, 0.3) is 0 Å². The van der Waals surface area contributed by atoms with E-state index in [0.717, 1.165) is 17.2 Å². The molecule has 2 rings (SSSR count). The molecule has 0 aliphatic carbocycles. The molecule has 2 aromatic rings. The fraction of sp³-hybridized carbons (Fsp3) is 0.235. The highest BCUT2D eigenvalue weighted by atomic mass is 16.5. The van der Waals surface area contributed by atoms with Crippen molar-refractivity contribution in [3.05, 3.63) is 54.6 Å². The van der Waals surface area contributed by atoms with Crippen molar-refractivity contribution in [2.24, 2.45) is 0 Å². The molecule has 1 amide bonds. The van der Waals surface area contributed by atoms with Gasteiger partial charge in [0.2, 0.25) is 5.91 Å². The van der Waals surface area contributed by atoms with Crippen molar-refractivity contribution in [2.75, 3.05) is 19.4 Å². The van der Waals surface area contributed by atoms with Crippen LogP contribution in [0.15, 0.2) is 54.6 Å². The molecule has 110 valence electrons. The van der Waals surface area contributed by atoms with E-state index < -0.39 is 0 Å². The van der Waals surface area contributed by atoms with Crippen LogP contribution in [0.3, 0.4) is 0 Å². The van der Waals surface area contributed by atoms with Crippen LogP contribution >= 0.6 is 0 Å². The Morgan fingerprint density at radius 3 is 2.38 bits per heavy atom. The molecule has 0 bridgehead atoms. The molecule has 0 heterocycles. The molecule has 0 saturated carbocycles. The second-order valence-electron chi connectivity index (χ2n) is 5.04. The summed E-state index contributed by atoms with van der Waals surface area (Å²) in [7, 11) is 3.49. The lowest BCUT2D eigenvalue weighted by Gasteiger charge is -2.19. The fourth-order valence-corrected chi connectivity index (χ4v) is 1.97. The molecule has 21 heavy (non-hydrogen) atoms. The molecule has 4 heteroatoms. The van der Waals surface area contributed by atoms with Gasteiger partial charge in [-0.25, -0.2) is 0 Å². The molecular weight excluding hydrogens is 264 g/mol. The standard InChI is InChI=1S/C17H20N2O2/c1-13(17(20)19(2)3)18-14-8-7-11-16(12-14)21-15-9-5-4-6-10-15/h4-13,18H,1-3H3. The van der Waals surface area contributed by atoms with Gasteiger partial charge >= 0.3 is 0 Å². The maximum Gasteiger partial charge on any atom is 0.244 e. The average molecular weight is 284 g/mol. The molecular formula is C17H20N2O2. The van der Waals surface area contributed by atoms with Crippen molar-refractivity contribution in [2.45, 2.75) is 13.0 Å². The molecule has 0 spiro atoms. The van der Waals surface area contributed by atoms with Gasteiger partial charge in [-0.05, 0) is 31.2 Å². The van der Waals surface area contributed by atoms with Gasteiger partial charge < -0.3 is 15.0 Å². The fourth-order valence-electron chi connectivity index (χ4n) is 1.97. The molecule has 1 atom stereocenters. The summed E-state index contributed by atoms with van der Waals surface area (Å²) < 4.78 is 5.77. The van der Waals surface area contributed by atoms with Gasteiger partial charge in [-0.3, -0.25) is 4.79 Å². The van der Waals surface area contributed by atoms with Crippen LogP contribution in [0.4, 0.5) is 5.69 Å². The zero-order chi connectivity index (χ0) is 15.2. The third kappa shape index (κ3) is 4.24. The summed E-state index contributed by atoms with van der Waals surface area (Å²) in [6.45, 7) is 1.84. The van der Waals surface area contributed by atoms with Crippen molar-refractivity contribution in [1.29, 1.82) is 0 Å². The summed E-state index contributed by atoms with van der Waals surface area (Å²) in [6, 6.07) is 16.9. The van der Waals surface area contributed by atoms with Gasteiger partial charge in [-0.15, -0.1) is 0 Å². The summed E-state index contributed by atoms with van der Waals surface area (Å²) in [5.74, 6) is 1.55. The first-order valence-corrected chi connectivity index (χ1v) is 6.87. The van der Waals surface area contributed by atoms with Crippen LogP contribution in [0, 0.1) is 0 Å². The zero-order valence-corrected chi connectivity index (χ0v) is 12.5. The molecule has 2 aromatic carbocycles. The second kappa shape index (κ2) is 6.79. The van der Waals surface area contributed by atoms with E-state index in [4.69, 9.17) is 4.74 Å². The van der Waals surface area contributed by atoms with Crippen LogP contribution in [-0.4, -0.2) is 30.9 Å². The van der Waals surface area contributed by atoms with Crippen LogP contribution in [-0.2, 0) is 4.79 Å². The van der Waals surface area contributed by atoms with Crippen LogP contribution in [0.5, 0.6) is 11.5 Å². The molecule has 0 saturated heterocycles. The van der Waals surface area contributed by atoms with Crippen molar-refractivity contribution in [3.63, 3.8) is 0 Å². The Labute approximate surface area is 125 Å². The minimum absolute atomic E-state index is 0.0318. The Balaban J connectivity index is 2.06. The molecule has 0 aliphatic heterocycles. The Bertz CT molecular complexity index is 597. The van der Waals surface area contributed by atoms with E-state index in [1.165, 1.54) is 0 Å². The number of ether oxygens (including phenoxy) is 1. The SMILES string of the molecule is CC(Nc1cccc(Oc2ccccc2)c1)C(=O)N(C)C. The third-order valence-corrected chi connectivity index (χ3v) is 3.01. The van der Waals surface area contributed by atoms with Gasteiger partial charge in [-0.2, -0.15) is 0 Å². The van der Waals surface area contributed by atoms with E-state index in [1.54, 1.807) is 19.0 Å². The lowest BCUT2D eigenvalue weighted by Crippen LogP contribution is -2.36. The first-order chi connectivity index (χ1) is 10.1. The minimum Gasteiger partial charge on any atom is -0.457 e. The van der Waals surface area contributed by atoms with Gasteiger partial charge in [0, 0.05) is 25.8 Å².